The molecule has 1 amide bonds. The van der Waals surface area contributed by atoms with Gasteiger partial charge in [-0.05, 0) is 87.6 Å². The summed E-state index contributed by atoms with van der Waals surface area (Å²) in [6.45, 7) is 8.22. The highest BCUT2D eigenvalue weighted by molar-refractivity contribution is 7.22. The Bertz CT molecular complexity index is 1400. The van der Waals surface area contributed by atoms with Gasteiger partial charge in [-0.3, -0.25) is 9.69 Å². The van der Waals surface area contributed by atoms with Crippen molar-refractivity contribution >= 4 is 39.1 Å². The summed E-state index contributed by atoms with van der Waals surface area (Å²) >= 11 is 1.76. The summed E-state index contributed by atoms with van der Waals surface area (Å²) in [6, 6.07) is 18.6. The number of benzene rings is 2. The van der Waals surface area contributed by atoms with E-state index in [1.807, 2.05) is 26.0 Å². The summed E-state index contributed by atoms with van der Waals surface area (Å²) in [5, 5.41) is 6.03. The van der Waals surface area contributed by atoms with Crippen LogP contribution < -0.4 is 4.90 Å². The van der Waals surface area contributed by atoms with Crippen molar-refractivity contribution in [2.45, 2.75) is 59.4 Å². The monoisotopic (exact) mass is 529 g/mol. The van der Waals surface area contributed by atoms with Gasteiger partial charge in [0.25, 0.3) is 0 Å². The number of esters is 1. The molecule has 0 aliphatic heterocycles. The minimum Gasteiger partial charge on any atom is -0.462 e. The van der Waals surface area contributed by atoms with Crippen molar-refractivity contribution in [2.24, 2.45) is 11.8 Å². The van der Waals surface area contributed by atoms with Crippen LogP contribution in [-0.4, -0.2) is 34.3 Å². The van der Waals surface area contributed by atoms with Crippen LogP contribution in [-0.2, 0) is 9.53 Å². The van der Waals surface area contributed by atoms with E-state index in [4.69, 9.17) is 9.84 Å². The van der Waals surface area contributed by atoms with Gasteiger partial charge < -0.3 is 4.74 Å². The smallest absolute Gasteiger partial charge is 0.343 e. The standard InChI is InChI=1S/C31H35N3O3S/c1-5-37-31(36)26-19-33(32-29(26)34(20(2)3)30(35)23-12-10-21(4)11-13-23)25-16-14-22(15-17-25)28-18-24-8-6-7-9-27(24)38-28/h6-9,14-21,23H,5,10-13H2,1-4H3. The first-order chi connectivity index (χ1) is 18.4. The molecule has 6 nitrogen and oxygen atoms in total. The van der Waals surface area contributed by atoms with Crippen molar-refractivity contribution in [3.05, 3.63) is 66.4 Å². The Balaban J connectivity index is 1.48. The van der Waals surface area contributed by atoms with Gasteiger partial charge >= 0.3 is 5.97 Å². The van der Waals surface area contributed by atoms with E-state index < -0.39 is 5.97 Å². The van der Waals surface area contributed by atoms with Gasteiger partial charge in [0.15, 0.2) is 5.82 Å². The van der Waals surface area contributed by atoms with Crippen LogP contribution in [0, 0.1) is 11.8 Å². The highest BCUT2D eigenvalue weighted by atomic mass is 32.1. The topological polar surface area (TPSA) is 64.4 Å². The minimum atomic E-state index is -0.466. The van der Waals surface area contributed by atoms with Crippen LogP contribution >= 0.6 is 11.3 Å². The second-order valence-electron chi connectivity index (χ2n) is 10.5. The summed E-state index contributed by atoms with van der Waals surface area (Å²) < 4.78 is 8.30. The lowest BCUT2D eigenvalue weighted by molar-refractivity contribution is -0.124. The van der Waals surface area contributed by atoms with Crippen molar-refractivity contribution in [1.82, 2.24) is 9.78 Å². The van der Waals surface area contributed by atoms with Crippen molar-refractivity contribution in [2.75, 3.05) is 11.5 Å². The fourth-order valence-electron chi connectivity index (χ4n) is 5.24. The molecule has 7 heteroatoms. The summed E-state index contributed by atoms with van der Waals surface area (Å²) in [7, 11) is 0. The van der Waals surface area contributed by atoms with Crippen molar-refractivity contribution in [1.29, 1.82) is 0 Å². The average molecular weight is 530 g/mol. The molecule has 1 aliphatic carbocycles. The third-order valence-electron chi connectivity index (χ3n) is 7.38. The minimum absolute atomic E-state index is 0.0443. The van der Waals surface area contributed by atoms with Crippen LogP contribution in [0.2, 0.25) is 0 Å². The molecule has 1 saturated carbocycles. The molecular formula is C31H35N3O3S. The van der Waals surface area contributed by atoms with Gasteiger partial charge in [0.1, 0.15) is 5.56 Å². The highest BCUT2D eigenvalue weighted by Gasteiger charge is 2.34. The molecule has 198 valence electrons. The maximum atomic E-state index is 13.7. The zero-order valence-corrected chi connectivity index (χ0v) is 23.3. The number of fused-ring (bicyclic) bond motifs is 1. The summed E-state index contributed by atoms with van der Waals surface area (Å²) in [6.07, 6.45) is 5.53. The quantitative estimate of drug-likeness (QED) is 0.233. The van der Waals surface area contributed by atoms with Crippen LogP contribution in [0.25, 0.3) is 26.2 Å². The molecule has 0 spiro atoms. The molecule has 0 bridgehead atoms. The van der Waals surface area contributed by atoms with Crippen LogP contribution in [0.15, 0.2) is 60.8 Å². The van der Waals surface area contributed by atoms with Gasteiger partial charge in [0.05, 0.1) is 12.3 Å². The van der Waals surface area contributed by atoms with Crippen molar-refractivity contribution in [3.8, 4) is 16.1 Å². The van der Waals surface area contributed by atoms with Gasteiger partial charge in [-0.1, -0.05) is 37.3 Å². The lowest BCUT2D eigenvalue weighted by atomic mass is 9.82. The molecule has 0 unspecified atom stereocenters. The lowest BCUT2D eigenvalue weighted by Gasteiger charge is -2.32. The zero-order chi connectivity index (χ0) is 26.8. The summed E-state index contributed by atoms with van der Waals surface area (Å²) in [5.41, 5.74) is 2.25. The number of carbonyl (C=O) groups excluding carboxylic acids is 2. The van der Waals surface area contributed by atoms with Gasteiger partial charge in [-0.15, -0.1) is 16.4 Å². The maximum Gasteiger partial charge on any atom is 0.343 e. The van der Waals surface area contributed by atoms with E-state index in [0.29, 0.717) is 17.3 Å². The molecule has 0 radical (unpaired) electrons. The van der Waals surface area contributed by atoms with Gasteiger partial charge in [-0.2, -0.15) is 0 Å². The second-order valence-corrected chi connectivity index (χ2v) is 11.6. The third-order valence-corrected chi connectivity index (χ3v) is 8.54. The summed E-state index contributed by atoms with van der Waals surface area (Å²) in [4.78, 5) is 29.6. The SMILES string of the molecule is CCOC(=O)c1cn(-c2ccc(-c3cc4ccccc4s3)cc2)nc1N(C(=O)C1CCC(C)CC1)C(C)C. The number of amides is 1. The number of hydrogen-bond acceptors (Lipinski definition) is 5. The number of hydrogen-bond donors (Lipinski definition) is 0. The lowest BCUT2D eigenvalue weighted by Crippen LogP contribution is -2.43. The number of ether oxygens (including phenoxy) is 1. The molecule has 38 heavy (non-hydrogen) atoms. The molecule has 0 atom stereocenters. The molecule has 4 aromatic rings. The second kappa shape index (κ2) is 11.1. The molecule has 1 aliphatic rings. The molecule has 1 fully saturated rings. The first-order valence-electron chi connectivity index (χ1n) is 13.5. The number of thiophene rings is 1. The molecule has 2 aromatic heterocycles. The number of anilines is 1. The molecule has 2 aromatic carbocycles. The average Bonchev–Trinajstić information content (AvgIpc) is 3.54. The maximum absolute atomic E-state index is 13.7. The van der Waals surface area contributed by atoms with Crippen molar-refractivity contribution < 1.29 is 14.3 Å². The van der Waals surface area contributed by atoms with Crippen LogP contribution in [0.3, 0.4) is 0 Å². The van der Waals surface area contributed by atoms with E-state index in [2.05, 4.69) is 49.4 Å². The fraction of sp³-hybridized carbons (Fsp3) is 0.387. The van der Waals surface area contributed by atoms with Gasteiger partial charge in [0, 0.05) is 27.7 Å². The fourth-order valence-corrected chi connectivity index (χ4v) is 6.31. The van der Waals surface area contributed by atoms with Crippen LogP contribution in [0.4, 0.5) is 5.82 Å². The number of aromatic nitrogens is 2. The van der Waals surface area contributed by atoms with E-state index in [0.717, 1.165) is 36.9 Å². The molecule has 2 heterocycles. The van der Waals surface area contributed by atoms with Gasteiger partial charge in [0.2, 0.25) is 5.91 Å². The molecule has 0 N–H and O–H groups in total. The number of nitrogens with zero attached hydrogens (tertiary/aromatic N) is 3. The first-order valence-corrected chi connectivity index (χ1v) is 14.4. The Morgan fingerprint density at radius 3 is 2.45 bits per heavy atom. The number of rotatable bonds is 7. The van der Waals surface area contributed by atoms with Gasteiger partial charge in [-0.25, -0.2) is 9.48 Å². The predicted octanol–water partition coefficient (Wildman–Crippen LogP) is 7.50. The predicted molar refractivity (Wildman–Crippen MR) is 154 cm³/mol. The largest absolute Gasteiger partial charge is 0.462 e. The van der Waals surface area contributed by atoms with E-state index in [9.17, 15) is 9.59 Å². The third kappa shape index (κ3) is 5.25. The van der Waals surface area contributed by atoms with E-state index in [-0.39, 0.29) is 24.5 Å². The Morgan fingerprint density at radius 2 is 1.79 bits per heavy atom. The molecule has 5 rings (SSSR count). The Labute approximate surface area is 228 Å². The normalized spacial score (nSPS) is 17.6. The van der Waals surface area contributed by atoms with Crippen LogP contribution in [0.5, 0.6) is 0 Å². The van der Waals surface area contributed by atoms with E-state index in [1.165, 1.54) is 15.0 Å². The molecular weight excluding hydrogens is 494 g/mol. The number of carbonyl (C=O) groups is 2. The van der Waals surface area contributed by atoms with E-state index in [1.54, 1.807) is 34.0 Å². The highest BCUT2D eigenvalue weighted by Crippen LogP contribution is 2.35. The van der Waals surface area contributed by atoms with E-state index >= 15 is 0 Å². The molecule has 0 saturated heterocycles. The zero-order valence-electron chi connectivity index (χ0n) is 22.5. The Kier molecular flexibility index (Phi) is 7.65. The summed E-state index contributed by atoms with van der Waals surface area (Å²) in [5.74, 6) is 0.551. The Morgan fingerprint density at radius 1 is 1.08 bits per heavy atom. The van der Waals surface area contributed by atoms with Crippen molar-refractivity contribution in [3.63, 3.8) is 0 Å². The first kappa shape index (κ1) is 26.2. The van der Waals surface area contributed by atoms with Crippen LogP contribution in [0.1, 0.15) is 63.7 Å². The Hall–Kier alpha value is -3.45.